The average molecular weight is 264 g/mol. The van der Waals surface area contributed by atoms with Crippen molar-refractivity contribution in [2.75, 3.05) is 0 Å². The molecule has 2 rings (SSSR count). The van der Waals surface area contributed by atoms with E-state index in [0.717, 1.165) is 5.56 Å². The third-order valence-electron chi connectivity index (χ3n) is 2.17. The quantitative estimate of drug-likeness (QED) is 0.671. The largest absolute Gasteiger partial charge is 0.477 e. The summed E-state index contributed by atoms with van der Waals surface area (Å²) < 4.78 is 8.52. The molecular weight excluding hydrogens is 256 g/mol. The number of aromatic carboxylic acids is 1. The molecule has 1 heterocycles. The Morgan fingerprint density at radius 1 is 1.33 bits per heavy atom. The summed E-state index contributed by atoms with van der Waals surface area (Å²) in [5, 5.41) is 12.3. The highest BCUT2D eigenvalue weighted by molar-refractivity contribution is 7.08. The Morgan fingerprint density at radius 2 is 2.06 bits per heavy atom. The van der Waals surface area contributed by atoms with Crippen molar-refractivity contribution in [3.8, 4) is 5.75 Å². The van der Waals surface area contributed by atoms with Crippen molar-refractivity contribution in [3.63, 3.8) is 0 Å². The van der Waals surface area contributed by atoms with Crippen molar-refractivity contribution in [1.29, 1.82) is 0 Å². The summed E-state index contributed by atoms with van der Waals surface area (Å²) in [5.74, 6) is -1.70. The second kappa shape index (κ2) is 4.92. The van der Waals surface area contributed by atoms with Gasteiger partial charge in [0, 0.05) is 0 Å². The lowest BCUT2D eigenvalue weighted by molar-refractivity contribution is 0.0669. The highest BCUT2D eigenvalue weighted by atomic mass is 32.1. The first kappa shape index (κ1) is 12.2. The topological polar surface area (TPSA) is 89.4 Å². The summed E-state index contributed by atoms with van der Waals surface area (Å²) in [6.45, 7) is 1.78. The number of ether oxygens (including phenoxy) is 1. The molecule has 0 saturated carbocycles. The third kappa shape index (κ3) is 2.35. The average Bonchev–Trinajstić information content (AvgIpc) is 2.81. The van der Waals surface area contributed by atoms with Crippen LogP contribution in [0.4, 0.5) is 0 Å². The Labute approximate surface area is 106 Å². The van der Waals surface area contributed by atoms with Gasteiger partial charge in [0.15, 0.2) is 10.6 Å². The maximum Gasteiger partial charge on any atom is 0.366 e. The van der Waals surface area contributed by atoms with E-state index in [9.17, 15) is 9.59 Å². The van der Waals surface area contributed by atoms with Crippen LogP contribution in [0.5, 0.6) is 5.75 Å². The summed E-state index contributed by atoms with van der Waals surface area (Å²) in [7, 11) is 0. The lowest BCUT2D eigenvalue weighted by Gasteiger charge is -2.05. The van der Waals surface area contributed by atoms with Crippen LogP contribution in [0.2, 0.25) is 0 Å². The zero-order valence-corrected chi connectivity index (χ0v) is 10.1. The summed E-state index contributed by atoms with van der Waals surface area (Å²) >= 11 is 0.639. The van der Waals surface area contributed by atoms with E-state index >= 15 is 0 Å². The lowest BCUT2D eigenvalue weighted by atomic mass is 10.2. The van der Waals surface area contributed by atoms with Gasteiger partial charge < -0.3 is 9.84 Å². The minimum absolute atomic E-state index is 0.228. The first-order valence-corrected chi connectivity index (χ1v) is 5.70. The third-order valence-corrected chi connectivity index (χ3v) is 2.89. The van der Waals surface area contributed by atoms with Crippen LogP contribution in [0.1, 0.15) is 25.7 Å². The molecule has 2 aromatic rings. The number of hydrogen-bond acceptors (Lipinski definition) is 6. The number of carboxylic acid groups (broad SMARTS) is 1. The van der Waals surface area contributed by atoms with Gasteiger partial charge in [-0.05, 0) is 30.1 Å². The number of carbonyl (C=O) groups is 2. The molecule has 18 heavy (non-hydrogen) atoms. The maximum absolute atomic E-state index is 11.8. The predicted octanol–water partition coefficient (Wildman–Crippen LogP) is 1.76. The molecule has 0 atom stereocenters. The monoisotopic (exact) mass is 264 g/mol. The van der Waals surface area contributed by atoms with Crippen molar-refractivity contribution in [2.45, 2.75) is 6.92 Å². The Balaban J connectivity index is 2.25. The van der Waals surface area contributed by atoms with E-state index in [0.29, 0.717) is 17.3 Å². The van der Waals surface area contributed by atoms with E-state index < -0.39 is 11.9 Å². The molecule has 6 nitrogen and oxygen atoms in total. The molecule has 0 radical (unpaired) electrons. The SMILES string of the molecule is Cc1ccccc1OC(=O)c1nnsc1C(=O)O. The number of aromatic nitrogens is 2. The second-order valence-corrected chi connectivity index (χ2v) is 4.16. The molecule has 0 bridgehead atoms. The number of rotatable bonds is 3. The Hall–Kier alpha value is -2.28. The van der Waals surface area contributed by atoms with Gasteiger partial charge in [-0.2, -0.15) is 0 Å². The molecule has 0 aliphatic heterocycles. The Bertz CT molecular complexity index is 609. The van der Waals surface area contributed by atoms with Crippen LogP contribution >= 0.6 is 11.5 Å². The number of nitrogens with zero attached hydrogens (tertiary/aromatic N) is 2. The highest BCUT2D eigenvalue weighted by Gasteiger charge is 2.23. The molecule has 0 unspecified atom stereocenters. The first-order valence-electron chi connectivity index (χ1n) is 4.93. The fourth-order valence-corrected chi connectivity index (χ4v) is 1.78. The molecule has 0 saturated heterocycles. The van der Waals surface area contributed by atoms with Gasteiger partial charge in [0.05, 0.1) is 0 Å². The van der Waals surface area contributed by atoms with E-state index in [2.05, 4.69) is 9.59 Å². The Morgan fingerprint density at radius 3 is 2.72 bits per heavy atom. The van der Waals surface area contributed by atoms with Crippen LogP contribution in [0.25, 0.3) is 0 Å². The van der Waals surface area contributed by atoms with Gasteiger partial charge in [-0.25, -0.2) is 9.59 Å². The number of aryl methyl sites for hydroxylation is 1. The smallest absolute Gasteiger partial charge is 0.366 e. The van der Waals surface area contributed by atoms with Gasteiger partial charge >= 0.3 is 11.9 Å². The van der Waals surface area contributed by atoms with Crippen molar-refractivity contribution in [1.82, 2.24) is 9.59 Å². The lowest BCUT2D eigenvalue weighted by Crippen LogP contribution is -2.13. The molecule has 7 heteroatoms. The van der Waals surface area contributed by atoms with Crippen LogP contribution in [-0.4, -0.2) is 26.6 Å². The fourth-order valence-electron chi connectivity index (χ4n) is 1.28. The summed E-state index contributed by atoms with van der Waals surface area (Å²) in [4.78, 5) is 22.4. The van der Waals surface area contributed by atoms with Crippen molar-refractivity contribution < 1.29 is 19.4 Å². The van der Waals surface area contributed by atoms with Crippen LogP contribution in [0.3, 0.4) is 0 Å². The van der Waals surface area contributed by atoms with E-state index in [1.54, 1.807) is 31.2 Å². The maximum atomic E-state index is 11.8. The van der Waals surface area contributed by atoms with Crippen LogP contribution < -0.4 is 4.74 Å². The minimum Gasteiger partial charge on any atom is -0.477 e. The van der Waals surface area contributed by atoms with Crippen molar-refractivity contribution in [3.05, 3.63) is 40.4 Å². The van der Waals surface area contributed by atoms with Crippen LogP contribution in [0, 0.1) is 6.92 Å². The molecule has 0 spiro atoms. The molecule has 0 fully saturated rings. The molecule has 0 aliphatic carbocycles. The first-order chi connectivity index (χ1) is 8.59. The fraction of sp³-hybridized carbons (Fsp3) is 0.0909. The minimum atomic E-state index is -1.25. The summed E-state index contributed by atoms with van der Waals surface area (Å²) in [5.41, 5.74) is 0.488. The molecule has 1 aromatic heterocycles. The molecule has 1 N–H and O–H groups in total. The van der Waals surface area contributed by atoms with Crippen molar-refractivity contribution in [2.24, 2.45) is 0 Å². The number of carbonyl (C=O) groups excluding carboxylic acids is 1. The zero-order chi connectivity index (χ0) is 13.1. The van der Waals surface area contributed by atoms with E-state index in [4.69, 9.17) is 9.84 Å². The van der Waals surface area contributed by atoms with Gasteiger partial charge in [0.1, 0.15) is 5.75 Å². The Kier molecular flexibility index (Phi) is 3.33. The van der Waals surface area contributed by atoms with E-state index in [-0.39, 0.29) is 10.6 Å². The van der Waals surface area contributed by atoms with Gasteiger partial charge in [-0.15, -0.1) is 5.10 Å². The number of benzene rings is 1. The van der Waals surface area contributed by atoms with Crippen molar-refractivity contribution >= 4 is 23.5 Å². The van der Waals surface area contributed by atoms with Crippen LogP contribution in [-0.2, 0) is 0 Å². The van der Waals surface area contributed by atoms with E-state index in [1.807, 2.05) is 0 Å². The summed E-state index contributed by atoms with van der Waals surface area (Å²) in [6, 6.07) is 6.92. The number of carboxylic acids is 1. The normalized spacial score (nSPS) is 10.1. The van der Waals surface area contributed by atoms with Gasteiger partial charge in [-0.1, -0.05) is 22.7 Å². The predicted molar refractivity (Wildman–Crippen MR) is 63.0 cm³/mol. The standard InChI is InChI=1S/C11H8N2O4S/c1-6-4-2-3-5-7(6)17-11(16)8-9(10(14)15)18-13-12-8/h2-5H,1H3,(H,14,15). The van der Waals surface area contributed by atoms with Crippen LogP contribution in [0.15, 0.2) is 24.3 Å². The molecule has 92 valence electrons. The molecule has 0 amide bonds. The van der Waals surface area contributed by atoms with Gasteiger partial charge in [0.25, 0.3) is 0 Å². The molecule has 1 aromatic carbocycles. The van der Waals surface area contributed by atoms with Gasteiger partial charge in [-0.3, -0.25) is 0 Å². The second-order valence-electron chi connectivity index (χ2n) is 3.41. The highest BCUT2D eigenvalue weighted by Crippen LogP contribution is 2.19. The summed E-state index contributed by atoms with van der Waals surface area (Å²) in [6.07, 6.45) is 0. The number of hydrogen-bond donors (Lipinski definition) is 1. The molecular formula is C11H8N2O4S. The molecule has 0 aliphatic rings. The number of para-hydroxylation sites is 1. The number of esters is 1. The zero-order valence-electron chi connectivity index (χ0n) is 9.28. The van der Waals surface area contributed by atoms with Gasteiger partial charge in [0.2, 0.25) is 0 Å². The van der Waals surface area contributed by atoms with E-state index in [1.165, 1.54) is 0 Å².